The number of phosphoric acid groups is 4. The fourth-order valence-corrected chi connectivity index (χ4v) is 24.7. The molecular formula is C82H132F9N2O22P4S4-5. The summed E-state index contributed by atoms with van der Waals surface area (Å²) >= 11 is 0. The van der Waals surface area contributed by atoms with Crippen LogP contribution in [0.3, 0.4) is 0 Å². The van der Waals surface area contributed by atoms with Crippen molar-refractivity contribution in [3.8, 4) is 11.5 Å². The van der Waals surface area contributed by atoms with Crippen LogP contribution in [0.5, 0.6) is 11.5 Å². The maximum absolute atomic E-state index is 13.2. The molecule has 4 fully saturated rings. The van der Waals surface area contributed by atoms with E-state index >= 15 is 0 Å². The minimum absolute atomic E-state index is 0.0266. The van der Waals surface area contributed by atoms with Gasteiger partial charge in [0.1, 0.15) is 24.7 Å². The first-order chi connectivity index (χ1) is 57.7. The topological polar surface area (TPSA) is 321 Å². The highest BCUT2D eigenvalue weighted by molar-refractivity contribution is 8.77. The average molecular weight is 1920 g/mol. The van der Waals surface area contributed by atoms with Crippen LogP contribution in [0.15, 0.2) is 36.4 Å². The van der Waals surface area contributed by atoms with E-state index in [1.54, 1.807) is 0 Å². The van der Waals surface area contributed by atoms with Crippen LogP contribution < -0.4 is 33.9 Å². The molecule has 8 rings (SSSR count). The smallest absolute Gasteiger partial charge is 0.471 e. The van der Waals surface area contributed by atoms with Gasteiger partial charge in [0.05, 0.1) is 60.9 Å². The maximum atomic E-state index is 13.2. The van der Waals surface area contributed by atoms with Gasteiger partial charge in [-0.3, -0.25) is 13.6 Å². The first-order valence-electron chi connectivity index (χ1n) is 43.2. The van der Waals surface area contributed by atoms with Crippen LogP contribution in [0, 0.1) is 46.3 Å². The Hall–Kier alpha value is -0.990. The van der Waals surface area contributed by atoms with Crippen molar-refractivity contribution in [1.82, 2.24) is 9.80 Å². The predicted molar refractivity (Wildman–Crippen MR) is 452 cm³/mol. The number of fused-ring (bicyclic) bond motifs is 10. The summed E-state index contributed by atoms with van der Waals surface area (Å²) in [7, 11) is -5.41. The molecule has 1 N–H and O–H groups in total. The van der Waals surface area contributed by atoms with E-state index in [2.05, 4.69) is 97.0 Å². The highest BCUT2D eigenvalue weighted by Gasteiger charge is 2.69. The van der Waals surface area contributed by atoms with Crippen LogP contribution >= 0.6 is 74.5 Å². The average Bonchev–Trinajstić information content (AvgIpc) is 1.66. The van der Waals surface area contributed by atoms with Crippen LogP contribution in [0.2, 0.25) is 0 Å². The van der Waals surface area contributed by atoms with Gasteiger partial charge in [-0.15, -0.1) is 0 Å². The van der Waals surface area contributed by atoms with Crippen LogP contribution in [-0.2, 0) is 77.2 Å². The molecule has 14 atom stereocenters. The number of ether oxygens (including phenoxy) is 6. The SMILES string of the molecule is COP(=O)(O)OCC(CCCCCCSSCCCN(C)CCOc1ccc2c(c1)CCC1C2CCC2(C)C(OCCCOC(C)(C(F)(F)F)C(F)(F)F)CCC12)COP(=O)([O-])[O-].COP(=O)([O-])OCC(CCCCCCSSCCCN(C)CCOc1ccc2c(c1)CCC1C2CCC2(C)C(OCCCOC(C)(C)C(F)(F)F)CCC12)COP(=O)([O-])[O-]. The lowest BCUT2D eigenvalue weighted by atomic mass is 9.55. The standard InChI is InChI=1S/C41H67F6NO11P2S2.C41H70F3NO11P2S2/c1-38-19-18-34-33-15-13-32(27-31(33)12-14-35(34)36(38)16-17-37(38)56-22-10-23-57-39(2,40(42,43)44)41(45,46)47)55-24-21-48(3)20-9-26-63-62-25-8-6-5-7-11-30(28-58-60(49,50)51)29-59-61(52,53)54-4;1-39(2,41(42,43)44)54-24-11-23-53-38-18-17-37-36-15-13-32-28-33(14-16-34(32)35(36)19-20-40(37,38)3)52-25-22-45(4)21-10-27-60-59-26-9-7-6-8-12-31(29-55-57(46,47)48)30-56-58(49,50)51-5/h13,15,27,30,34-37H,5-12,14,16-26,28-29H2,1-4H3,(H,52,53)(H2,49,50,51);14,16,28,31,35-38H,6-13,15,17-27,29-30H2,1-5H3,(H,49,50)(H2,46,47,48)/p-5. The molecule has 6 aliphatic carbocycles. The Bertz CT molecular complexity index is 3630. The van der Waals surface area contributed by atoms with E-state index in [9.17, 15) is 87.1 Å². The summed E-state index contributed by atoms with van der Waals surface area (Å²) in [5.74, 6) is 7.91. The molecule has 0 heterocycles. The first kappa shape index (κ1) is 109. The van der Waals surface area contributed by atoms with Gasteiger partial charge in [-0.05, 0) is 269 Å². The van der Waals surface area contributed by atoms with Crippen molar-refractivity contribution >= 4 is 74.5 Å². The molecule has 6 aliphatic rings. The van der Waals surface area contributed by atoms with E-state index in [-0.39, 0.29) is 62.8 Å². The van der Waals surface area contributed by atoms with Crippen molar-refractivity contribution in [3.05, 3.63) is 58.7 Å². The molecule has 0 aliphatic heterocycles. The molecule has 0 saturated heterocycles. The highest BCUT2D eigenvalue weighted by Crippen LogP contribution is 2.64. The maximum Gasteiger partial charge on any atom is 0.471 e. The molecule has 2 aromatic rings. The zero-order valence-corrected chi connectivity index (χ0v) is 79.4. The summed E-state index contributed by atoms with van der Waals surface area (Å²) < 4.78 is 224. The molecule has 41 heteroatoms. The van der Waals surface area contributed by atoms with Crippen LogP contribution in [0.4, 0.5) is 39.5 Å². The molecule has 123 heavy (non-hydrogen) atoms. The van der Waals surface area contributed by atoms with Gasteiger partial charge >= 0.3 is 26.4 Å². The van der Waals surface area contributed by atoms with E-state index in [4.69, 9.17) is 32.7 Å². The number of nitrogens with zero attached hydrogens (tertiary/aromatic N) is 2. The Balaban J connectivity index is 0.000000339. The second-order valence-electron chi connectivity index (χ2n) is 34.8. The van der Waals surface area contributed by atoms with Crippen molar-refractivity contribution in [2.45, 2.75) is 255 Å². The van der Waals surface area contributed by atoms with Crippen molar-refractivity contribution in [1.29, 1.82) is 0 Å². The quantitative estimate of drug-likeness (QED) is 0.0278. The Morgan fingerprint density at radius 3 is 1.27 bits per heavy atom. The van der Waals surface area contributed by atoms with Crippen molar-refractivity contribution in [2.75, 3.05) is 144 Å². The second kappa shape index (κ2) is 50.9. The minimum Gasteiger partial charge on any atom is -0.790 e. The summed E-state index contributed by atoms with van der Waals surface area (Å²) in [6.07, 6.45) is 7.47. The number of rotatable bonds is 58. The molecule has 0 amide bonds. The van der Waals surface area contributed by atoms with E-state index in [1.165, 1.54) is 22.3 Å². The molecule has 24 nitrogen and oxygen atoms in total. The van der Waals surface area contributed by atoms with E-state index < -0.39 is 92.7 Å². The number of benzene rings is 2. The third-order valence-electron chi connectivity index (χ3n) is 25.8. The summed E-state index contributed by atoms with van der Waals surface area (Å²) in [6, 6.07) is 13.2. The van der Waals surface area contributed by atoms with Gasteiger partial charge in [-0.25, -0.2) is 4.57 Å². The lowest BCUT2D eigenvalue weighted by Gasteiger charge is -2.50. The number of phosphoric ester groups is 4. The van der Waals surface area contributed by atoms with Gasteiger partial charge in [0.2, 0.25) is 0 Å². The van der Waals surface area contributed by atoms with Crippen molar-refractivity contribution < 1.29 is 143 Å². The second-order valence-corrected chi connectivity index (χ2v) is 45.5. The largest absolute Gasteiger partial charge is 0.790 e. The molecular weight excluding hydrogens is 1790 g/mol. The van der Waals surface area contributed by atoms with Gasteiger partial charge in [0.15, 0.2) is 5.60 Å². The molecule has 714 valence electrons. The molecule has 4 saturated carbocycles. The number of hydrogen-bond acceptors (Lipinski definition) is 27. The van der Waals surface area contributed by atoms with E-state index in [0.29, 0.717) is 74.6 Å². The Morgan fingerprint density at radius 1 is 0.472 bits per heavy atom. The zero-order chi connectivity index (χ0) is 90.6. The summed E-state index contributed by atoms with van der Waals surface area (Å²) in [4.78, 5) is 68.9. The lowest BCUT2D eigenvalue weighted by Crippen LogP contribution is -2.56. The third kappa shape index (κ3) is 35.4. The van der Waals surface area contributed by atoms with Gasteiger partial charge in [-0.2, -0.15) is 39.5 Å². The van der Waals surface area contributed by atoms with Crippen LogP contribution in [-0.4, -0.2) is 200 Å². The monoisotopic (exact) mass is 1920 g/mol. The molecule has 0 bridgehead atoms. The number of hydrogen-bond donors (Lipinski definition) is 1. The predicted octanol–water partition coefficient (Wildman–Crippen LogP) is 17.8. The number of unbranched alkanes of at least 4 members (excludes halogenated alkanes) is 6. The van der Waals surface area contributed by atoms with Crippen molar-refractivity contribution in [2.24, 2.45) is 46.3 Å². The highest BCUT2D eigenvalue weighted by atomic mass is 33.1. The van der Waals surface area contributed by atoms with Crippen molar-refractivity contribution in [3.63, 3.8) is 0 Å². The Labute approximate surface area is 738 Å². The molecule has 0 radical (unpaired) electrons. The normalized spacial score (nSPS) is 24.6. The van der Waals surface area contributed by atoms with Crippen LogP contribution in [0.1, 0.15) is 223 Å². The van der Waals surface area contributed by atoms with Gasteiger partial charge < -0.3 is 94.8 Å². The number of alkyl halides is 9. The number of halogens is 9. The summed E-state index contributed by atoms with van der Waals surface area (Å²) in [5, 5.41) is 0. The minimum atomic E-state index is -5.58. The number of aryl methyl sites for hydroxylation is 2. The van der Waals surface area contributed by atoms with Crippen LogP contribution in [0.25, 0.3) is 0 Å². The first-order valence-corrected chi connectivity index (χ1v) is 54.1. The summed E-state index contributed by atoms with van der Waals surface area (Å²) in [5.41, 5.74) is -0.765. The molecule has 14 unspecified atom stereocenters. The van der Waals surface area contributed by atoms with Gasteiger partial charge in [0.25, 0.3) is 13.4 Å². The zero-order valence-electron chi connectivity index (χ0n) is 72.6. The molecule has 0 spiro atoms. The van der Waals surface area contributed by atoms with Gasteiger partial charge in [-0.1, -0.05) is 108 Å². The molecule has 2 aromatic carbocycles. The Kier molecular flexibility index (Phi) is 45.1. The molecule has 0 aromatic heterocycles. The van der Waals surface area contributed by atoms with E-state index in [0.717, 1.165) is 230 Å². The Morgan fingerprint density at radius 2 is 0.870 bits per heavy atom. The van der Waals surface area contributed by atoms with E-state index in [1.807, 2.05) is 43.2 Å². The fourth-order valence-electron chi connectivity index (χ4n) is 18.4. The van der Waals surface area contributed by atoms with Gasteiger partial charge in [0, 0.05) is 82.0 Å². The lowest BCUT2D eigenvalue weighted by molar-refractivity contribution is -0.374. The fraction of sp³-hybridized carbons (Fsp3) is 0.854. The third-order valence-corrected chi connectivity index (χ3v) is 33.7. The summed E-state index contributed by atoms with van der Waals surface area (Å²) in [6.45, 7) is 9.93. The number of likely N-dealkylation sites (N-methyl/N-ethyl adjacent to an activating group) is 2.